The summed E-state index contributed by atoms with van der Waals surface area (Å²) in [6.45, 7) is 4.25. The van der Waals surface area contributed by atoms with Gasteiger partial charge in [0.05, 0.1) is 18.7 Å². The van der Waals surface area contributed by atoms with Crippen LogP contribution in [0.1, 0.15) is 57.1 Å². The Bertz CT molecular complexity index is 1290. The highest BCUT2D eigenvalue weighted by atomic mass is 35.5. The van der Waals surface area contributed by atoms with E-state index >= 15 is 0 Å². The maximum absolute atomic E-state index is 14.0. The number of carbonyl (C=O) groups is 2. The van der Waals surface area contributed by atoms with Crippen molar-refractivity contribution in [1.29, 1.82) is 0 Å². The molecule has 0 heterocycles. The molecule has 11 heteroatoms. The Kier molecular flexibility index (Phi) is 8.95. The van der Waals surface area contributed by atoms with Gasteiger partial charge in [-0.15, -0.1) is 0 Å². The van der Waals surface area contributed by atoms with Crippen LogP contribution in [0.3, 0.4) is 0 Å². The number of carbonyl (C=O) groups excluding carboxylic acids is 2. The molecule has 0 radical (unpaired) electrons. The maximum Gasteiger partial charge on any atom is 0.471 e. The molecule has 2 aliphatic rings. The third kappa shape index (κ3) is 5.65. The number of esters is 1. The minimum absolute atomic E-state index is 0.0155. The van der Waals surface area contributed by atoms with Crippen molar-refractivity contribution in [2.75, 3.05) is 25.2 Å². The lowest BCUT2D eigenvalue weighted by atomic mass is 9.59. The molecule has 0 aliphatic heterocycles. The SMILES string of the molecule is CCOc1ccc2c(c1)C1(CCC(C(=O)OC)(N(C(=O)C(F)(F)F)c3ccc(F)c(Cl)c3)CC1)C(C[C@@H](C)CO)C2. The molecule has 224 valence electrons. The van der Waals surface area contributed by atoms with E-state index in [1.165, 1.54) is 0 Å². The summed E-state index contributed by atoms with van der Waals surface area (Å²) in [7, 11) is 1.06. The van der Waals surface area contributed by atoms with Gasteiger partial charge in [0, 0.05) is 12.3 Å². The highest BCUT2D eigenvalue weighted by Gasteiger charge is 2.60. The van der Waals surface area contributed by atoms with Crippen molar-refractivity contribution >= 4 is 29.2 Å². The standard InChI is InChI=1S/C30H34ClF4NO5/c1-4-41-22-7-5-19-14-20(13-18(2)17-37)28(23(19)16-22)9-11-29(12-10-28,27(39)40-3)36(26(38)30(33,34)35)21-6-8-25(32)24(31)15-21/h5-8,15-16,18,20,37H,4,9-14,17H2,1-3H3/t18-,20?,28?,29?/m1/s1. The summed E-state index contributed by atoms with van der Waals surface area (Å²) in [6, 6.07) is 8.63. The number of alkyl halides is 3. The Hall–Kier alpha value is -2.85. The molecule has 0 aromatic heterocycles. The largest absolute Gasteiger partial charge is 0.494 e. The lowest BCUT2D eigenvalue weighted by Gasteiger charge is -2.51. The Morgan fingerprint density at radius 2 is 1.83 bits per heavy atom. The van der Waals surface area contributed by atoms with E-state index in [0.29, 0.717) is 30.1 Å². The molecule has 1 unspecified atom stereocenters. The molecule has 41 heavy (non-hydrogen) atoms. The van der Waals surface area contributed by atoms with E-state index in [1.807, 2.05) is 32.0 Å². The fraction of sp³-hybridized carbons (Fsp3) is 0.533. The van der Waals surface area contributed by atoms with Crippen LogP contribution in [0.4, 0.5) is 23.2 Å². The Morgan fingerprint density at radius 3 is 2.39 bits per heavy atom. The molecule has 2 aromatic carbocycles. The smallest absolute Gasteiger partial charge is 0.471 e. The molecule has 1 N–H and O–H groups in total. The second-order valence-corrected chi connectivity index (χ2v) is 11.5. The van der Waals surface area contributed by atoms with Gasteiger partial charge in [0.2, 0.25) is 0 Å². The number of hydrogen-bond donors (Lipinski definition) is 1. The second-order valence-electron chi connectivity index (χ2n) is 11.1. The third-order valence-electron chi connectivity index (χ3n) is 8.74. The first kappa shape index (κ1) is 31.1. The summed E-state index contributed by atoms with van der Waals surface area (Å²) in [5.41, 5.74) is -0.799. The summed E-state index contributed by atoms with van der Waals surface area (Å²) in [5, 5.41) is 9.32. The quantitative estimate of drug-likeness (QED) is 0.281. The molecule has 2 aliphatic carbocycles. The van der Waals surface area contributed by atoms with Crippen LogP contribution in [0, 0.1) is 17.7 Å². The molecule has 0 bridgehead atoms. The zero-order valence-corrected chi connectivity index (χ0v) is 23.9. The molecule has 1 saturated carbocycles. The van der Waals surface area contributed by atoms with Crippen molar-refractivity contribution in [3.63, 3.8) is 0 Å². The normalized spacial score (nSPS) is 24.6. The monoisotopic (exact) mass is 599 g/mol. The van der Waals surface area contributed by atoms with Gasteiger partial charge < -0.3 is 14.6 Å². The number of methoxy groups -OCH3 is 1. The van der Waals surface area contributed by atoms with Crippen LogP contribution >= 0.6 is 11.6 Å². The van der Waals surface area contributed by atoms with Crippen molar-refractivity contribution < 1.29 is 41.7 Å². The molecule has 0 saturated heterocycles. The average Bonchev–Trinajstić information content (AvgIpc) is 3.22. The molecule has 2 aromatic rings. The number of benzene rings is 2. The molecule has 6 nitrogen and oxygen atoms in total. The number of anilines is 1. The van der Waals surface area contributed by atoms with Crippen LogP contribution in [-0.4, -0.2) is 49.0 Å². The zero-order valence-electron chi connectivity index (χ0n) is 23.2. The van der Waals surface area contributed by atoms with Crippen LogP contribution in [-0.2, 0) is 26.2 Å². The highest BCUT2D eigenvalue weighted by molar-refractivity contribution is 6.31. The Balaban J connectivity index is 1.83. The summed E-state index contributed by atoms with van der Waals surface area (Å²) in [6.07, 6.45) is -3.70. The van der Waals surface area contributed by atoms with Crippen molar-refractivity contribution in [2.45, 2.75) is 69.5 Å². The van der Waals surface area contributed by atoms with Crippen molar-refractivity contribution in [3.05, 3.63) is 58.4 Å². The number of aliphatic hydroxyl groups is 1. The van der Waals surface area contributed by atoms with E-state index in [9.17, 15) is 32.3 Å². The average molecular weight is 600 g/mol. The van der Waals surface area contributed by atoms with E-state index in [0.717, 1.165) is 36.4 Å². The first-order valence-electron chi connectivity index (χ1n) is 13.6. The molecule has 1 fully saturated rings. The van der Waals surface area contributed by atoms with Gasteiger partial charge in [0.25, 0.3) is 0 Å². The highest BCUT2D eigenvalue weighted by Crippen LogP contribution is 2.58. The molecule has 2 atom stereocenters. The fourth-order valence-corrected chi connectivity index (χ4v) is 6.98. The molecular weight excluding hydrogens is 566 g/mol. The van der Waals surface area contributed by atoms with Gasteiger partial charge in [0.1, 0.15) is 17.1 Å². The van der Waals surface area contributed by atoms with Crippen molar-refractivity contribution in [2.24, 2.45) is 11.8 Å². The van der Waals surface area contributed by atoms with Gasteiger partial charge in [-0.25, -0.2) is 9.18 Å². The van der Waals surface area contributed by atoms with Crippen molar-refractivity contribution in [1.82, 2.24) is 0 Å². The van der Waals surface area contributed by atoms with Gasteiger partial charge in [0.15, 0.2) is 0 Å². The molecule has 1 spiro atoms. The summed E-state index contributed by atoms with van der Waals surface area (Å²) in [4.78, 5) is 26.8. The van der Waals surface area contributed by atoms with Gasteiger partial charge in [-0.05, 0) is 104 Å². The van der Waals surface area contributed by atoms with E-state index in [1.54, 1.807) is 0 Å². The number of fused-ring (bicyclic) bond motifs is 2. The zero-order chi connectivity index (χ0) is 30.2. The summed E-state index contributed by atoms with van der Waals surface area (Å²) >= 11 is 5.91. The van der Waals surface area contributed by atoms with Gasteiger partial charge in [-0.1, -0.05) is 24.6 Å². The first-order chi connectivity index (χ1) is 19.3. The minimum Gasteiger partial charge on any atom is -0.494 e. The lowest BCUT2D eigenvalue weighted by Crippen LogP contribution is -2.63. The van der Waals surface area contributed by atoms with Crippen LogP contribution in [0.5, 0.6) is 5.75 Å². The van der Waals surface area contributed by atoms with Crippen LogP contribution in [0.25, 0.3) is 0 Å². The number of ether oxygens (including phenoxy) is 2. The van der Waals surface area contributed by atoms with E-state index in [4.69, 9.17) is 21.1 Å². The number of halogens is 5. The van der Waals surface area contributed by atoms with Crippen LogP contribution in [0.2, 0.25) is 5.02 Å². The number of rotatable bonds is 8. The second kappa shape index (κ2) is 11.8. The maximum atomic E-state index is 14.0. The van der Waals surface area contributed by atoms with Crippen LogP contribution in [0.15, 0.2) is 36.4 Å². The molecule has 4 rings (SSSR count). The number of nitrogens with zero attached hydrogens (tertiary/aromatic N) is 1. The number of amides is 1. The number of aliphatic hydroxyl groups excluding tert-OH is 1. The van der Waals surface area contributed by atoms with E-state index in [2.05, 4.69) is 0 Å². The van der Waals surface area contributed by atoms with E-state index in [-0.39, 0.29) is 49.8 Å². The minimum atomic E-state index is -5.33. The summed E-state index contributed by atoms with van der Waals surface area (Å²) in [5.74, 6) is -3.45. The first-order valence-corrected chi connectivity index (χ1v) is 14.0. The molecule has 1 amide bonds. The van der Waals surface area contributed by atoms with Crippen LogP contribution < -0.4 is 9.64 Å². The molecular formula is C30H34ClF4NO5. The topological polar surface area (TPSA) is 76.1 Å². The lowest BCUT2D eigenvalue weighted by molar-refractivity contribution is -0.174. The summed E-state index contributed by atoms with van der Waals surface area (Å²) < 4.78 is 66.8. The van der Waals surface area contributed by atoms with Crippen molar-refractivity contribution in [3.8, 4) is 5.75 Å². The predicted octanol–water partition coefficient (Wildman–Crippen LogP) is 6.39. The Labute approximate surface area is 241 Å². The van der Waals surface area contributed by atoms with Gasteiger partial charge >= 0.3 is 18.1 Å². The fourth-order valence-electron chi connectivity index (χ4n) is 6.81. The van der Waals surface area contributed by atoms with Gasteiger partial charge in [-0.3, -0.25) is 9.69 Å². The Morgan fingerprint density at radius 1 is 1.15 bits per heavy atom. The number of hydrogen-bond acceptors (Lipinski definition) is 5. The predicted molar refractivity (Wildman–Crippen MR) is 146 cm³/mol. The van der Waals surface area contributed by atoms with Gasteiger partial charge in [-0.2, -0.15) is 13.2 Å². The third-order valence-corrected chi connectivity index (χ3v) is 9.03. The van der Waals surface area contributed by atoms with E-state index < -0.39 is 39.8 Å².